The lowest BCUT2D eigenvalue weighted by atomic mass is 9.86. The predicted molar refractivity (Wildman–Crippen MR) is 96.1 cm³/mol. The minimum absolute atomic E-state index is 0.121. The van der Waals surface area contributed by atoms with Crippen LogP contribution in [0, 0.1) is 11.8 Å². The Kier molecular flexibility index (Phi) is 6.70. The zero-order valence-corrected chi connectivity index (χ0v) is 15.5. The van der Waals surface area contributed by atoms with E-state index in [4.69, 9.17) is 4.74 Å². The largest absolute Gasteiger partial charge is 0.378 e. The smallest absolute Gasteiger partial charge is 0.234 e. The minimum Gasteiger partial charge on any atom is -0.378 e. The molecule has 0 aromatic heterocycles. The van der Waals surface area contributed by atoms with Gasteiger partial charge in [0.1, 0.15) is 0 Å². The van der Waals surface area contributed by atoms with E-state index in [2.05, 4.69) is 17.1 Å². The molecule has 3 fully saturated rings. The summed E-state index contributed by atoms with van der Waals surface area (Å²) in [7, 11) is 0. The molecule has 0 bridgehead atoms. The fraction of sp³-hybridized carbons (Fsp3) is 0.895. The van der Waals surface area contributed by atoms with E-state index in [0.29, 0.717) is 31.7 Å². The molecule has 6 nitrogen and oxygen atoms in total. The topological polar surface area (TPSA) is 61.9 Å². The van der Waals surface area contributed by atoms with Crippen molar-refractivity contribution in [2.75, 3.05) is 45.9 Å². The fourth-order valence-corrected chi connectivity index (χ4v) is 4.37. The second-order valence-corrected chi connectivity index (χ2v) is 7.92. The standard InChI is InChI=1S/C19H33N3O3/c1-15-4-2-3-5-17(15)20-18(23)14-21-8-6-16(7-9-21)19(24)22-10-12-25-13-11-22/h15-17H,2-14H2,1H3,(H,20,23). The number of likely N-dealkylation sites (tertiary alicyclic amines) is 1. The van der Waals surface area contributed by atoms with Crippen LogP contribution in [0.4, 0.5) is 0 Å². The summed E-state index contributed by atoms with van der Waals surface area (Å²) in [6.45, 7) is 7.16. The van der Waals surface area contributed by atoms with Gasteiger partial charge in [0.2, 0.25) is 11.8 Å². The van der Waals surface area contributed by atoms with Crippen LogP contribution < -0.4 is 5.32 Å². The lowest BCUT2D eigenvalue weighted by Gasteiger charge is -2.35. The molecule has 142 valence electrons. The van der Waals surface area contributed by atoms with Crippen molar-refractivity contribution in [3.63, 3.8) is 0 Å². The van der Waals surface area contributed by atoms with Gasteiger partial charge in [-0.05, 0) is 44.7 Å². The monoisotopic (exact) mass is 351 g/mol. The summed E-state index contributed by atoms with van der Waals surface area (Å²) in [5.41, 5.74) is 0. The molecule has 0 aromatic rings. The van der Waals surface area contributed by atoms with Crippen LogP contribution in [0.15, 0.2) is 0 Å². The van der Waals surface area contributed by atoms with Crippen molar-refractivity contribution in [3.8, 4) is 0 Å². The summed E-state index contributed by atoms with van der Waals surface area (Å²) in [5.74, 6) is 1.14. The van der Waals surface area contributed by atoms with Gasteiger partial charge in [-0.3, -0.25) is 14.5 Å². The Morgan fingerprint density at radius 2 is 1.68 bits per heavy atom. The van der Waals surface area contributed by atoms with E-state index in [1.807, 2.05) is 4.90 Å². The highest BCUT2D eigenvalue weighted by Crippen LogP contribution is 2.24. The van der Waals surface area contributed by atoms with Crippen LogP contribution in [-0.2, 0) is 14.3 Å². The Balaban J connectivity index is 1.38. The van der Waals surface area contributed by atoms with Crippen molar-refractivity contribution in [2.45, 2.75) is 51.5 Å². The van der Waals surface area contributed by atoms with Gasteiger partial charge in [0, 0.05) is 25.0 Å². The zero-order valence-electron chi connectivity index (χ0n) is 15.5. The second-order valence-electron chi connectivity index (χ2n) is 7.92. The van der Waals surface area contributed by atoms with Crippen molar-refractivity contribution in [3.05, 3.63) is 0 Å². The fourth-order valence-electron chi connectivity index (χ4n) is 4.37. The van der Waals surface area contributed by atoms with Crippen LogP contribution in [0.3, 0.4) is 0 Å². The number of nitrogens with one attached hydrogen (secondary N) is 1. The quantitative estimate of drug-likeness (QED) is 0.828. The minimum atomic E-state index is 0.121. The second kappa shape index (κ2) is 8.99. The van der Waals surface area contributed by atoms with Gasteiger partial charge in [-0.25, -0.2) is 0 Å². The maximum atomic E-state index is 12.6. The molecule has 1 aliphatic carbocycles. The first-order chi connectivity index (χ1) is 12.1. The van der Waals surface area contributed by atoms with E-state index in [-0.39, 0.29) is 17.7 Å². The van der Waals surface area contributed by atoms with Gasteiger partial charge < -0.3 is 15.0 Å². The Morgan fingerprint density at radius 1 is 1.00 bits per heavy atom. The lowest BCUT2D eigenvalue weighted by Crippen LogP contribution is -2.49. The molecule has 1 N–H and O–H groups in total. The number of amides is 2. The van der Waals surface area contributed by atoms with Crippen molar-refractivity contribution >= 4 is 11.8 Å². The summed E-state index contributed by atoms with van der Waals surface area (Å²) in [6.07, 6.45) is 6.58. The third-order valence-electron chi connectivity index (χ3n) is 6.08. The Morgan fingerprint density at radius 3 is 2.36 bits per heavy atom. The first-order valence-electron chi connectivity index (χ1n) is 10.0. The van der Waals surface area contributed by atoms with Crippen molar-refractivity contribution < 1.29 is 14.3 Å². The van der Waals surface area contributed by atoms with Gasteiger partial charge in [0.25, 0.3) is 0 Å². The average Bonchev–Trinajstić information content (AvgIpc) is 2.64. The Hall–Kier alpha value is -1.14. The van der Waals surface area contributed by atoms with Gasteiger partial charge in [0.15, 0.2) is 0 Å². The molecule has 3 rings (SSSR count). The number of hydrogen-bond donors (Lipinski definition) is 1. The number of rotatable bonds is 4. The average molecular weight is 351 g/mol. The number of ether oxygens (including phenoxy) is 1. The van der Waals surface area contributed by atoms with E-state index < -0.39 is 0 Å². The maximum Gasteiger partial charge on any atom is 0.234 e. The molecule has 2 unspecified atom stereocenters. The molecule has 3 aliphatic rings. The van der Waals surface area contributed by atoms with E-state index in [0.717, 1.165) is 45.4 Å². The lowest BCUT2D eigenvalue weighted by molar-refractivity contribution is -0.141. The van der Waals surface area contributed by atoms with Crippen LogP contribution in [0.1, 0.15) is 45.4 Å². The highest BCUT2D eigenvalue weighted by Gasteiger charge is 2.30. The molecule has 0 spiro atoms. The van der Waals surface area contributed by atoms with Crippen LogP contribution in [0.5, 0.6) is 0 Å². The SMILES string of the molecule is CC1CCCCC1NC(=O)CN1CCC(C(=O)N2CCOCC2)CC1. The van der Waals surface area contributed by atoms with E-state index in [1.54, 1.807) is 0 Å². The molecule has 2 amide bonds. The number of hydrogen-bond acceptors (Lipinski definition) is 4. The Labute approximate surface area is 151 Å². The molecule has 0 aromatic carbocycles. The van der Waals surface area contributed by atoms with E-state index >= 15 is 0 Å². The highest BCUT2D eigenvalue weighted by molar-refractivity contribution is 5.79. The van der Waals surface area contributed by atoms with Crippen LogP contribution in [-0.4, -0.2) is 73.6 Å². The molecule has 0 radical (unpaired) electrons. The normalized spacial score (nSPS) is 29.4. The highest BCUT2D eigenvalue weighted by atomic mass is 16.5. The molecule has 2 heterocycles. The summed E-state index contributed by atoms with van der Waals surface area (Å²) < 4.78 is 5.32. The molecular formula is C19H33N3O3. The molecular weight excluding hydrogens is 318 g/mol. The maximum absolute atomic E-state index is 12.6. The van der Waals surface area contributed by atoms with Crippen molar-refractivity contribution in [2.24, 2.45) is 11.8 Å². The zero-order chi connectivity index (χ0) is 17.6. The summed E-state index contributed by atoms with van der Waals surface area (Å²) in [5, 5.41) is 3.23. The van der Waals surface area contributed by atoms with Gasteiger partial charge in [-0.1, -0.05) is 19.8 Å². The molecule has 25 heavy (non-hydrogen) atoms. The number of carbonyl (C=O) groups is 2. The van der Waals surface area contributed by atoms with Gasteiger partial charge in [0.05, 0.1) is 19.8 Å². The van der Waals surface area contributed by atoms with Crippen molar-refractivity contribution in [1.29, 1.82) is 0 Å². The number of piperidine rings is 1. The van der Waals surface area contributed by atoms with E-state index in [9.17, 15) is 9.59 Å². The van der Waals surface area contributed by atoms with Crippen molar-refractivity contribution in [1.82, 2.24) is 15.1 Å². The molecule has 2 atom stereocenters. The van der Waals surface area contributed by atoms with Crippen LogP contribution in [0.2, 0.25) is 0 Å². The van der Waals surface area contributed by atoms with Crippen LogP contribution in [0.25, 0.3) is 0 Å². The van der Waals surface area contributed by atoms with Gasteiger partial charge >= 0.3 is 0 Å². The molecule has 2 aliphatic heterocycles. The number of morpholine rings is 1. The summed E-state index contributed by atoms with van der Waals surface area (Å²) >= 11 is 0. The number of nitrogens with zero attached hydrogens (tertiary/aromatic N) is 2. The van der Waals surface area contributed by atoms with Gasteiger partial charge in [-0.15, -0.1) is 0 Å². The third-order valence-corrected chi connectivity index (χ3v) is 6.08. The molecule has 2 saturated heterocycles. The first-order valence-corrected chi connectivity index (χ1v) is 10.0. The third kappa shape index (κ3) is 5.17. The van der Waals surface area contributed by atoms with E-state index in [1.165, 1.54) is 19.3 Å². The Bertz CT molecular complexity index is 457. The summed E-state index contributed by atoms with van der Waals surface area (Å²) in [6, 6.07) is 0.349. The predicted octanol–water partition coefficient (Wildman–Crippen LogP) is 1.25. The molecule has 6 heteroatoms. The first kappa shape index (κ1) is 18.6. The van der Waals surface area contributed by atoms with Crippen LogP contribution >= 0.6 is 0 Å². The summed E-state index contributed by atoms with van der Waals surface area (Å²) in [4.78, 5) is 29.0. The number of carbonyl (C=O) groups excluding carboxylic acids is 2. The molecule has 1 saturated carbocycles. The van der Waals surface area contributed by atoms with Gasteiger partial charge in [-0.2, -0.15) is 0 Å².